The molecule has 5 nitrogen and oxygen atoms in total. The molecule has 3 rings (SSSR count). The van der Waals surface area contributed by atoms with Gasteiger partial charge in [0.25, 0.3) is 0 Å². The number of ether oxygens (including phenoxy) is 1. The molecule has 3 aromatic rings. The van der Waals surface area contributed by atoms with Gasteiger partial charge in [-0.25, -0.2) is 4.79 Å². The summed E-state index contributed by atoms with van der Waals surface area (Å²) < 4.78 is 10.8. The van der Waals surface area contributed by atoms with Crippen LogP contribution in [0.15, 0.2) is 51.7 Å². The van der Waals surface area contributed by atoms with Crippen molar-refractivity contribution in [3.8, 4) is 5.75 Å². The number of methoxy groups -OCH3 is 1. The van der Waals surface area contributed by atoms with Crippen LogP contribution in [0.25, 0.3) is 11.0 Å². The molecular formula is C22H23NO4. The Morgan fingerprint density at radius 1 is 1.07 bits per heavy atom. The van der Waals surface area contributed by atoms with Gasteiger partial charge in [0.2, 0.25) is 5.91 Å². The molecule has 0 radical (unpaired) electrons. The summed E-state index contributed by atoms with van der Waals surface area (Å²) in [6.45, 7) is 4.22. The average Bonchev–Trinajstić information content (AvgIpc) is 2.67. The SMILES string of the molecule is COc1ccc2c(C)c(CC(=O)NCCc3ccccc3)c(=O)oc2c1C. The van der Waals surface area contributed by atoms with Gasteiger partial charge in [-0.15, -0.1) is 0 Å². The number of hydrogen-bond acceptors (Lipinski definition) is 4. The fourth-order valence-corrected chi connectivity index (χ4v) is 3.21. The van der Waals surface area contributed by atoms with E-state index in [0.717, 1.165) is 28.5 Å². The van der Waals surface area contributed by atoms with Crippen LogP contribution in [0.4, 0.5) is 0 Å². The lowest BCUT2D eigenvalue weighted by Crippen LogP contribution is -2.29. The van der Waals surface area contributed by atoms with Crippen molar-refractivity contribution in [3.05, 3.63) is 75.1 Å². The molecule has 140 valence electrons. The molecule has 27 heavy (non-hydrogen) atoms. The minimum atomic E-state index is -0.477. The first kappa shape index (κ1) is 18.7. The second kappa shape index (κ2) is 8.08. The van der Waals surface area contributed by atoms with Crippen molar-refractivity contribution in [2.75, 3.05) is 13.7 Å². The first-order valence-corrected chi connectivity index (χ1v) is 8.91. The fourth-order valence-electron chi connectivity index (χ4n) is 3.21. The number of hydrogen-bond donors (Lipinski definition) is 1. The third-order valence-electron chi connectivity index (χ3n) is 4.79. The molecule has 1 aromatic heterocycles. The lowest BCUT2D eigenvalue weighted by atomic mass is 10.0. The molecule has 0 aliphatic carbocycles. The van der Waals surface area contributed by atoms with Gasteiger partial charge in [-0.3, -0.25) is 4.79 Å². The van der Waals surface area contributed by atoms with E-state index in [-0.39, 0.29) is 12.3 Å². The van der Waals surface area contributed by atoms with Crippen LogP contribution in [-0.2, 0) is 17.6 Å². The Bertz CT molecular complexity index is 1020. The third kappa shape index (κ3) is 4.03. The molecule has 0 unspecified atom stereocenters. The van der Waals surface area contributed by atoms with E-state index < -0.39 is 5.63 Å². The number of carbonyl (C=O) groups excluding carboxylic acids is 1. The van der Waals surface area contributed by atoms with Crippen molar-refractivity contribution in [1.29, 1.82) is 0 Å². The second-order valence-electron chi connectivity index (χ2n) is 6.52. The van der Waals surface area contributed by atoms with E-state index in [4.69, 9.17) is 9.15 Å². The lowest BCUT2D eigenvalue weighted by molar-refractivity contribution is -0.120. The first-order valence-electron chi connectivity index (χ1n) is 8.91. The maximum absolute atomic E-state index is 12.4. The molecular weight excluding hydrogens is 342 g/mol. The standard InChI is InChI=1S/C22H23NO4/c1-14-17-9-10-19(26-3)15(2)21(17)27-22(25)18(14)13-20(24)23-12-11-16-7-5-4-6-8-16/h4-10H,11-13H2,1-3H3,(H,23,24). The number of aryl methyl sites for hydroxylation is 2. The Kier molecular flexibility index (Phi) is 5.60. The van der Waals surface area contributed by atoms with E-state index in [2.05, 4.69) is 5.32 Å². The van der Waals surface area contributed by atoms with Gasteiger partial charge in [0.15, 0.2) is 0 Å². The smallest absolute Gasteiger partial charge is 0.340 e. The highest BCUT2D eigenvalue weighted by Crippen LogP contribution is 2.29. The van der Waals surface area contributed by atoms with E-state index in [1.54, 1.807) is 7.11 Å². The summed E-state index contributed by atoms with van der Waals surface area (Å²) in [4.78, 5) is 24.7. The Balaban J connectivity index is 1.76. The van der Waals surface area contributed by atoms with Crippen molar-refractivity contribution in [1.82, 2.24) is 5.32 Å². The van der Waals surface area contributed by atoms with Crippen LogP contribution >= 0.6 is 0 Å². The van der Waals surface area contributed by atoms with Gasteiger partial charge >= 0.3 is 5.63 Å². The van der Waals surface area contributed by atoms with Crippen LogP contribution in [0.1, 0.15) is 22.3 Å². The molecule has 0 spiro atoms. The zero-order valence-corrected chi connectivity index (χ0v) is 15.8. The average molecular weight is 365 g/mol. The predicted molar refractivity (Wildman–Crippen MR) is 105 cm³/mol. The molecule has 0 atom stereocenters. The molecule has 0 fully saturated rings. The Morgan fingerprint density at radius 3 is 2.52 bits per heavy atom. The van der Waals surface area contributed by atoms with Gasteiger partial charge < -0.3 is 14.5 Å². The van der Waals surface area contributed by atoms with Gasteiger partial charge in [0.05, 0.1) is 19.1 Å². The number of benzene rings is 2. The minimum Gasteiger partial charge on any atom is -0.496 e. The lowest BCUT2D eigenvalue weighted by Gasteiger charge is -2.12. The van der Waals surface area contributed by atoms with Gasteiger partial charge in [0.1, 0.15) is 11.3 Å². The molecule has 5 heteroatoms. The monoisotopic (exact) mass is 365 g/mol. The van der Waals surface area contributed by atoms with Gasteiger partial charge in [-0.1, -0.05) is 30.3 Å². The fraction of sp³-hybridized carbons (Fsp3) is 0.273. The van der Waals surface area contributed by atoms with E-state index in [9.17, 15) is 9.59 Å². The van der Waals surface area contributed by atoms with Crippen LogP contribution in [0.2, 0.25) is 0 Å². The van der Waals surface area contributed by atoms with Crippen molar-refractivity contribution in [3.63, 3.8) is 0 Å². The highest BCUT2D eigenvalue weighted by Gasteiger charge is 2.17. The summed E-state index contributed by atoms with van der Waals surface area (Å²) in [6.07, 6.45) is 0.751. The second-order valence-corrected chi connectivity index (χ2v) is 6.52. The molecule has 1 amide bonds. The van der Waals surface area contributed by atoms with Crippen LogP contribution in [0.5, 0.6) is 5.75 Å². The maximum atomic E-state index is 12.4. The van der Waals surface area contributed by atoms with Crippen molar-refractivity contribution >= 4 is 16.9 Å². The van der Waals surface area contributed by atoms with Gasteiger partial charge in [-0.2, -0.15) is 0 Å². The molecule has 0 bridgehead atoms. The summed E-state index contributed by atoms with van der Waals surface area (Å²) in [7, 11) is 1.58. The molecule has 0 aliphatic heterocycles. The zero-order valence-electron chi connectivity index (χ0n) is 15.8. The van der Waals surface area contributed by atoms with E-state index in [0.29, 0.717) is 23.4 Å². The Labute approximate surface area is 158 Å². The number of nitrogens with one attached hydrogen (secondary N) is 1. The minimum absolute atomic E-state index is 0.00394. The number of amides is 1. The Hall–Kier alpha value is -3.08. The van der Waals surface area contributed by atoms with E-state index in [1.807, 2.05) is 56.3 Å². The number of rotatable bonds is 6. The molecule has 2 aromatic carbocycles. The van der Waals surface area contributed by atoms with E-state index in [1.165, 1.54) is 0 Å². The number of carbonyl (C=O) groups is 1. The summed E-state index contributed by atoms with van der Waals surface area (Å²) in [5.41, 5.74) is 3.12. The zero-order chi connectivity index (χ0) is 19.4. The summed E-state index contributed by atoms with van der Waals surface area (Å²) in [6, 6.07) is 13.6. The largest absolute Gasteiger partial charge is 0.496 e. The maximum Gasteiger partial charge on any atom is 0.340 e. The van der Waals surface area contributed by atoms with Gasteiger partial charge in [-0.05, 0) is 43.5 Å². The van der Waals surface area contributed by atoms with E-state index >= 15 is 0 Å². The Morgan fingerprint density at radius 2 is 1.81 bits per heavy atom. The summed E-state index contributed by atoms with van der Waals surface area (Å²) in [5, 5.41) is 3.69. The van der Waals surface area contributed by atoms with Crippen LogP contribution in [0, 0.1) is 13.8 Å². The molecule has 1 heterocycles. The van der Waals surface area contributed by atoms with Crippen LogP contribution in [0.3, 0.4) is 0 Å². The quantitative estimate of drug-likeness (QED) is 0.681. The highest BCUT2D eigenvalue weighted by molar-refractivity contribution is 5.87. The normalized spacial score (nSPS) is 10.8. The summed E-state index contributed by atoms with van der Waals surface area (Å²) >= 11 is 0. The summed E-state index contributed by atoms with van der Waals surface area (Å²) in [5.74, 6) is 0.474. The van der Waals surface area contributed by atoms with Crippen LogP contribution in [-0.4, -0.2) is 19.6 Å². The van der Waals surface area contributed by atoms with Crippen molar-refractivity contribution in [2.24, 2.45) is 0 Å². The topological polar surface area (TPSA) is 68.5 Å². The molecule has 0 saturated heterocycles. The van der Waals surface area contributed by atoms with Crippen LogP contribution < -0.4 is 15.7 Å². The van der Waals surface area contributed by atoms with Gasteiger partial charge in [0, 0.05) is 17.5 Å². The highest BCUT2D eigenvalue weighted by atomic mass is 16.5. The molecule has 0 aliphatic rings. The number of fused-ring (bicyclic) bond motifs is 1. The predicted octanol–water partition coefficient (Wildman–Crippen LogP) is 3.32. The van der Waals surface area contributed by atoms with Crippen molar-refractivity contribution in [2.45, 2.75) is 26.7 Å². The molecule has 0 saturated carbocycles. The first-order chi connectivity index (χ1) is 13.0. The van der Waals surface area contributed by atoms with Crippen molar-refractivity contribution < 1.29 is 13.9 Å². The third-order valence-corrected chi connectivity index (χ3v) is 4.79. The molecule has 1 N–H and O–H groups in total.